The van der Waals surface area contributed by atoms with E-state index in [4.69, 9.17) is 14.7 Å². The molecule has 1 saturated carbocycles. The molecule has 1 aromatic rings. The third kappa shape index (κ3) is 3.26. The van der Waals surface area contributed by atoms with E-state index in [1.807, 2.05) is 0 Å². The van der Waals surface area contributed by atoms with Crippen molar-refractivity contribution < 1.29 is 23.0 Å². The zero-order chi connectivity index (χ0) is 18.3. The summed E-state index contributed by atoms with van der Waals surface area (Å²) in [5.41, 5.74) is 0.577. The Balaban J connectivity index is 1.30. The smallest absolute Gasteiger partial charge is 0.249 e. The second kappa shape index (κ2) is 6.51. The van der Waals surface area contributed by atoms with Gasteiger partial charge in [0.25, 0.3) is 0 Å². The van der Waals surface area contributed by atoms with Crippen LogP contribution in [0.4, 0.5) is 8.78 Å². The van der Waals surface area contributed by atoms with Gasteiger partial charge in [-0.1, -0.05) is 0 Å². The van der Waals surface area contributed by atoms with Crippen LogP contribution in [0.25, 0.3) is 0 Å². The molecule has 1 aromatic carbocycles. The number of nitriles is 1. The van der Waals surface area contributed by atoms with Crippen molar-refractivity contribution in [3.63, 3.8) is 0 Å². The van der Waals surface area contributed by atoms with Crippen molar-refractivity contribution in [3.05, 3.63) is 29.8 Å². The van der Waals surface area contributed by atoms with Crippen LogP contribution in [0.3, 0.4) is 0 Å². The van der Waals surface area contributed by atoms with E-state index in [1.54, 1.807) is 29.2 Å². The molecule has 2 heterocycles. The number of hydrogen-bond donors (Lipinski definition) is 0. The van der Waals surface area contributed by atoms with E-state index >= 15 is 0 Å². The van der Waals surface area contributed by atoms with Crippen LogP contribution in [0.5, 0.6) is 5.75 Å². The number of ether oxygens (including phenoxy) is 2. The maximum Gasteiger partial charge on any atom is 0.249 e. The highest BCUT2D eigenvalue weighted by Gasteiger charge is 2.52. The first-order valence-electron chi connectivity index (χ1n) is 8.86. The molecule has 4 rings (SSSR count). The molecule has 3 aliphatic rings. The lowest BCUT2D eigenvalue weighted by Crippen LogP contribution is -2.46. The first-order chi connectivity index (χ1) is 12.4. The largest absolute Gasteiger partial charge is 0.493 e. The molecule has 5 nitrogen and oxygen atoms in total. The molecule has 138 valence electrons. The second-order valence-corrected chi connectivity index (χ2v) is 7.45. The Morgan fingerprint density at radius 1 is 1.31 bits per heavy atom. The molecular weight excluding hydrogens is 342 g/mol. The van der Waals surface area contributed by atoms with Gasteiger partial charge in [-0.05, 0) is 24.3 Å². The van der Waals surface area contributed by atoms with Crippen molar-refractivity contribution in [1.82, 2.24) is 4.90 Å². The number of halogens is 2. The number of likely N-dealkylation sites (tertiary alicyclic amines) is 1. The molecule has 2 saturated heterocycles. The topological polar surface area (TPSA) is 62.6 Å². The Labute approximate surface area is 150 Å². The van der Waals surface area contributed by atoms with Crippen molar-refractivity contribution >= 4 is 5.91 Å². The second-order valence-electron chi connectivity index (χ2n) is 7.45. The Morgan fingerprint density at radius 2 is 2.04 bits per heavy atom. The number of nitrogens with zero attached hydrogens (tertiary/aromatic N) is 2. The first-order valence-corrected chi connectivity index (χ1v) is 8.86. The third-order valence-corrected chi connectivity index (χ3v) is 5.64. The highest BCUT2D eigenvalue weighted by Crippen LogP contribution is 2.44. The molecule has 0 radical (unpaired) electrons. The molecule has 3 fully saturated rings. The maximum atomic E-state index is 13.0. The summed E-state index contributed by atoms with van der Waals surface area (Å²) in [5, 5.41) is 8.81. The van der Waals surface area contributed by atoms with Gasteiger partial charge in [-0.25, -0.2) is 8.78 Å². The average molecular weight is 362 g/mol. The summed E-state index contributed by atoms with van der Waals surface area (Å²) in [4.78, 5) is 14.1. The monoisotopic (exact) mass is 362 g/mol. The standard InChI is InChI=1S/C19H20F2N2O3/c20-19(21)5-13(6-19)18(24)23-8-16-14(11-26-17(16)9-23)10-25-15-3-1-12(7-22)2-4-15/h1-4,13-14,16-17H,5-6,8-11H2/t14-,16-,17-/m1/s1. The molecule has 3 atom stereocenters. The predicted octanol–water partition coefficient (Wildman–Crippen LogP) is 2.46. The number of benzene rings is 1. The Hall–Kier alpha value is -2.20. The molecule has 0 spiro atoms. The van der Waals surface area contributed by atoms with Gasteiger partial charge in [-0.15, -0.1) is 0 Å². The van der Waals surface area contributed by atoms with Crippen LogP contribution >= 0.6 is 0 Å². The summed E-state index contributed by atoms with van der Waals surface area (Å²) in [6.45, 7) is 2.08. The number of alkyl halides is 2. The van der Waals surface area contributed by atoms with E-state index in [9.17, 15) is 13.6 Å². The maximum absolute atomic E-state index is 13.0. The third-order valence-electron chi connectivity index (χ3n) is 5.64. The fraction of sp³-hybridized carbons (Fsp3) is 0.579. The van der Waals surface area contributed by atoms with Crippen LogP contribution in [0.1, 0.15) is 18.4 Å². The number of hydrogen-bond acceptors (Lipinski definition) is 4. The number of amides is 1. The zero-order valence-electron chi connectivity index (χ0n) is 14.2. The predicted molar refractivity (Wildman–Crippen MR) is 87.6 cm³/mol. The summed E-state index contributed by atoms with van der Waals surface area (Å²) < 4.78 is 37.6. The number of fused-ring (bicyclic) bond motifs is 1. The van der Waals surface area contributed by atoms with Gasteiger partial charge in [0.15, 0.2) is 0 Å². The van der Waals surface area contributed by atoms with Crippen LogP contribution in [0, 0.1) is 29.1 Å². The van der Waals surface area contributed by atoms with E-state index in [-0.39, 0.29) is 36.7 Å². The molecule has 2 aliphatic heterocycles. The molecule has 0 bridgehead atoms. The van der Waals surface area contributed by atoms with Crippen molar-refractivity contribution in [2.24, 2.45) is 17.8 Å². The minimum absolute atomic E-state index is 0.0332. The first kappa shape index (κ1) is 17.2. The Bertz CT molecular complexity index is 723. The van der Waals surface area contributed by atoms with Gasteiger partial charge >= 0.3 is 0 Å². The molecule has 1 aliphatic carbocycles. The Morgan fingerprint density at radius 3 is 2.69 bits per heavy atom. The van der Waals surface area contributed by atoms with Crippen LogP contribution in [-0.2, 0) is 9.53 Å². The molecule has 7 heteroatoms. The van der Waals surface area contributed by atoms with Gasteiger partial charge in [-0.2, -0.15) is 5.26 Å². The van der Waals surface area contributed by atoms with E-state index in [1.165, 1.54) is 0 Å². The van der Waals surface area contributed by atoms with E-state index in [0.717, 1.165) is 0 Å². The van der Waals surface area contributed by atoms with Crippen molar-refractivity contribution in [2.75, 3.05) is 26.3 Å². The minimum Gasteiger partial charge on any atom is -0.493 e. The van der Waals surface area contributed by atoms with Crippen LogP contribution in [-0.4, -0.2) is 49.1 Å². The van der Waals surface area contributed by atoms with E-state index in [2.05, 4.69) is 6.07 Å². The van der Waals surface area contributed by atoms with Gasteiger partial charge in [0, 0.05) is 43.7 Å². The molecule has 0 N–H and O–H groups in total. The summed E-state index contributed by atoms with van der Waals surface area (Å²) >= 11 is 0. The highest BCUT2D eigenvalue weighted by molar-refractivity contribution is 5.80. The van der Waals surface area contributed by atoms with E-state index < -0.39 is 11.8 Å². The molecule has 26 heavy (non-hydrogen) atoms. The van der Waals surface area contributed by atoms with Gasteiger partial charge in [-0.3, -0.25) is 4.79 Å². The Kier molecular flexibility index (Phi) is 4.31. The number of rotatable bonds is 4. The normalized spacial score (nSPS) is 29.7. The molecule has 0 unspecified atom stereocenters. The SMILES string of the molecule is N#Cc1ccc(OC[C@@H]2CO[C@@H]3CN(C(=O)C4CC(F)(F)C4)C[C@H]23)cc1. The fourth-order valence-corrected chi connectivity index (χ4v) is 4.07. The van der Waals surface area contributed by atoms with Gasteiger partial charge in [0.1, 0.15) is 5.75 Å². The lowest BCUT2D eigenvalue weighted by molar-refractivity contribution is -0.159. The van der Waals surface area contributed by atoms with Gasteiger partial charge < -0.3 is 14.4 Å². The van der Waals surface area contributed by atoms with Gasteiger partial charge in [0.05, 0.1) is 31.0 Å². The minimum atomic E-state index is -2.68. The summed E-state index contributed by atoms with van der Waals surface area (Å²) in [6, 6.07) is 8.98. The molecular formula is C19H20F2N2O3. The average Bonchev–Trinajstić information content (AvgIpc) is 3.18. The summed E-state index contributed by atoms with van der Waals surface area (Å²) in [7, 11) is 0. The summed E-state index contributed by atoms with van der Waals surface area (Å²) in [5.74, 6) is -2.36. The number of carbonyl (C=O) groups excluding carboxylic acids is 1. The van der Waals surface area contributed by atoms with Crippen LogP contribution < -0.4 is 4.74 Å². The highest BCUT2D eigenvalue weighted by atomic mass is 19.3. The van der Waals surface area contributed by atoms with Gasteiger partial charge in [0.2, 0.25) is 11.8 Å². The van der Waals surface area contributed by atoms with E-state index in [0.29, 0.717) is 37.6 Å². The lowest BCUT2D eigenvalue weighted by atomic mass is 9.80. The molecule has 0 aromatic heterocycles. The quantitative estimate of drug-likeness (QED) is 0.825. The van der Waals surface area contributed by atoms with Crippen molar-refractivity contribution in [1.29, 1.82) is 5.26 Å². The number of carbonyl (C=O) groups is 1. The zero-order valence-corrected chi connectivity index (χ0v) is 14.2. The van der Waals surface area contributed by atoms with Crippen molar-refractivity contribution in [3.8, 4) is 11.8 Å². The van der Waals surface area contributed by atoms with Crippen LogP contribution in [0.2, 0.25) is 0 Å². The fourth-order valence-electron chi connectivity index (χ4n) is 4.07. The molecule has 1 amide bonds. The van der Waals surface area contributed by atoms with Crippen LogP contribution in [0.15, 0.2) is 24.3 Å². The summed E-state index contributed by atoms with van der Waals surface area (Å²) in [6.07, 6.45) is -0.692. The lowest BCUT2D eigenvalue weighted by Gasteiger charge is -2.36. The van der Waals surface area contributed by atoms with Crippen molar-refractivity contribution in [2.45, 2.75) is 24.9 Å².